The van der Waals surface area contributed by atoms with Crippen LogP contribution >= 0.6 is 11.8 Å². The highest BCUT2D eigenvalue weighted by atomic mass is 32.2. The van der Waals surface area contributed by atoms with Crippen molar-refractivity contribution in [1.29, 1.82) is 0 Å². The quantitative estimate of drug-likeness (QED) is 0.767. The molecule has 0 aromatic carbocycles. The molecule has 1 atom stereocenters. The van der Waals surface area contributed by atoms with Gasteiger partial charge in [0, 0.05) is 11.3 Å². The van der Waals surface area contributed by atoms with Crippen LogP contribution in [-0.4, -0.2) is 35.5 Å². The molecule has 1 aliphatic heterocycles. The molecule has 3 nitrogen and oxygen atoms in total. The normalized spacial score (nSPS) is 26.7. The van der Waals surface area contributed by atoms with Crippen molar-refractivity contribution in [2.45, 2.75) is 43.9 Å². The number of carbonyl (C=O) groups excluding carboxylic acids is 1. The maximum atomic E-state index is 11.9. The van der Waals surface area contributed by atoms with Crippen molar-refractivity contribution >= 4 is 17.7 Å². The molecule has 1 saturated heterocycles. The van der Waals surface area contributed by atoms with Gasteiger partial charge in [-0.05, 0) is 46.4 Å². The van der Waals surface area contributed by atoms with Crippen LogP contribution in [-0.2, 0) is 4.79 Å². The smallest absolute Gasteiger partial charge is 0.240 e. The first-order valence-electron chi connectivity index (χ1n) is 5.48. The van der Waals surface area contributed by atoms with Gasteiger partial charge in [-0.1, -0.05) is 0 Å². The van der Waals surface area contributed by atoms with Gasteiger partial charge in [0.2, 0.25) is 5.91 Å². The summed E-state index contributed by atoms with van der Waals surface area (Å²) in [5.74, 6) is 0.141. The third-order valence-corrected chi connectivity index (χ3v) is 4.35. The fourth-order valence-corrected chi connectivity index (χ4v) is 1.87. The Morgan fingerprint density at radius 3 is 2.73 bits per heavy atom. The summed E-state index contributed by atoms with van der Waals surface area (Å²) in [5, 5.41) is 6.30. The Bertz CT molecular complexity index is 235. The molecule has 1 rings (SSSR count). The van der Waals surface area contributed by atoms with Gasteiger partial charge in [-0.2, -0.15) is 11.8 Å². The van der Waals surface area contributed by atoms with E-state index in [1.54, 1.807) is 11.8 Å². The van der Waals surface area contributed by atoms with Gasteiger partial charge in [-0.3, -0.25) is 4.79 Å². The fraction of sp³-hybridized carbons (Fsp3) is 0.909. The van der Waals surface area contributed by atoms with Crippen LogP contribution in [0, 0.1) is 0 Å². The zero-order valence-corrected chi connectivity index (χ0v) is 11.0. The molecule has 1 aliphatic rings. The number of thioether (sulfide) groups is 1. The summed E-state index contributed by atoms with van der Waals surface area (Å²) in [4.78, 5) is 11.9. The van der Waals surface area contributed by atoms with Crippen molar-refractivity contribution in [3.05, 3.63) is 0 Å². The molecule has 4 heteroatoms. The molecule has 2 N–H and O–H groups in total. The number of rotatable bonds is 4. The second-order valence-electron chi connectivity index (χ2n) is 5.01. The lowest BCUT2D eigenvalue weighted by Crippen LogP contribution is -2.53. The molecule has 0 bridgehead atoms. The summed E-state index contributed by atoms with van der Waals surface area (Å²) >= 11 is 1.78. The molecule has 15 heavy (non-hydrogen) atoms. The highest BCUT2D eigenvalue weighted by Crippen LogP contribution is 2.22. The third-order valence-electron chi connectivity index (χ3n) is 3.10. The topological polar surface area (TPSA) is 41.1 Å². The van der Waals surface area contributed by atoms with E-state index in [1.165, 1.54) is 0 Å². The van der Waals surface area contributed by atoms with Gasteiger partial charge in [-0.25, -0.2) is 0 Å². The van der Waals surface area contributed by atoms with Crippen LogP contribution in [0.1, 0.15) is 33.6 Å². The van der Waals surface area contributed by atoms with Crippen LogP contribution in [0.2, 0.25) is 0 Å². The van der Waals surface area contributed by atoms with Crippen molar-refractivity contribution < 1.29 is 4.79 Å². The minimum atomic E-state index is -0.339. The van der Waals surface area contributed by atoms with E-state index in [-0.39, 0.29) is 16.2 Å². The van der Waals surface area contributed by atoms with Gasteiger partial charge in [-0.15, -0.1) is 0 Å². The molecular formula is C11H22N2OS. The van der Waals surface area contributed by atoms with E-state index >= 15 is 0 Å². The van der Waals surface area contributed by atoms with Crippen molar-refractivity contribution in [3.63, 3.8) is 0 Å². The molecule has 0 aromatic rings. The van der Waals surface area contributed by atoms with E-state index in [1.807, 2.05) is 6.92 Å². The van der Waals surface area contributed by atoms with Gasteiger partial charge in [0.05, 0.1) is 5.54 Å². The summed E-state index contributed by atoms with van der Waals surface area (Å²) < 4.78 is 0.116. The highest BCUT2D eigenvalue weighted by Gasteiger charge is 2.36. The van der Waals surface area contributed by atoms with Gasteiger partial charge >= 0.3 is 0 Å². The van der Waals surface area contributed by atoms with Crippen LogP contribution < -0.4 is 10.6 Å². The van der Waals surface area contributed by atoms with Gasteiger partial charge in [0.15, 0.2) is 0 Å². The van der Waals surface area contributed by atoms with E-state index in [2.05, 4.69) is 30.7 Å². The average molecular weight is 230 g/mol. The second-order valence-corrected chi connectivity index (χ2v) is 6.52. The summed E-state index contributed by atoms with van der Waals surface area (Å²) in [6.45, 7) is 7.95. The predicted molar refractivity (Wildman–Crippen MR) is 66.2 cm³/mol. The predicted octanol–water partition coefficient (Wildman–Crippen LogP) is 1.39. The van der Waals surface area contributed by atoms with Gasteiger partial charge < -0.3 is 10.6 Å². The minimum absolute atomic E-state index is 0.116. The Balaban J connectivity index is 2.42. The SMILES string of the molecule is CSC(C)(C)CNC(=O)C1(C)CCCN1. The zero-order chi connectivity index (χ0) is 11.5. The lowest BCUT2D eigenvalue weighted by atomic mass is 9.99. The Hall–Kier alpha value is -0.220. The molecule has 88 valence electrons. The lowest BCUT2D eigenvalue weighted by Gasteiger charge is -2.27. The van der Waals surface area contributed by atoms with E-state index in [0.29, 0.717) is 0 Å². The first-order valence-corrected chi connectivity index (χ1v) is 6.71. The molecule has 1 amide bonds. The van der Waals surface area contributed by atoms with E-state index in [9.17, 15) is 4.79 Å². The third kappa shape index (κ3) is 3.38. The highest BCUT2D eigenvalue weighted by molar-refractivity contribution is 7.99. The summed E-state index contributed by atoms with van der Waals surface area (Å²) in [5.41, 5.74) is -0.339. The number of hydrogen-bond acceptors (Lipinski definition) is 3. The van der Waals surface area contributed by atoms with Gasteiger partial charge in [0.1, 0.15) is 0 Å². The minimum Gasteiger partial charge on any atom is -0.353 e. The molecule has 1 unspecified atom stereocenters. The molecular weight excluding hydrogens is 208 g/mol. The van der Waals surface area contributed by atoms with Crippen LogP contribution in [0.15, 0.2) is 0 Å². The number of amides is 1. The standard InChI is InChI=1S/C11H22N2OS/c1-10(2,15-4)8-12-9(14)11(3)6-5-7-13-11/h13H,5-8H2,1-4H3,(H,12,14). The first kappa shape index (κ1) is 12.8. The monoisotopic (exact) mass is 230 g/mol. The number of nitrogens with one attached hydrogen (secondary N) is 2. The zero-order valence-electron chi connectivity index (χ0n) is 10.1. The second kappa shape index (κ2) is 4.74. The van der Waals surface area contributed by atoms with E-state index < -0.39 is 0 Å². The summed E-state index contributed by atoms with van der Waals surface area (Å²) in [6, 6.07) is 0. The lowest BCUT2D eigenvalue weighted by molar-refractivity contribution is -0.126. The Labute approximate surface area is 96.8 Å². The number of hydrogen-bond donors (Lipinski definition) is 2. The van der Waals surface area contributed by atoms with Crippen molar-refractivity contribution in [3.8, 4) is 0 Å². The van der Waals surface area contributed by atoms with Crippen LogP contribution in [0.4, 0.5) is 0 Å². The van der Waals surface area contributed by atoms with Crippen molar-refractivity contribution in [1.82, 2.24) is 10.6 Å². The Kier molecular flexibility index (Phi) is 4.06. The fourth-order valence-electron chi connectivity index (χ4n) is 1.65. The molecule has 0 saturated carbocycles. The summed E-state index contributed by atoms with van der Waals surface area (Å²) in [6.07, 6.45) is 4.11. The Morgan fingerprint density at radius 2 is 2.27 bits per heavy atom. The van der Waals surface area contributed by atoms with Crippen LogP contribution in [0.3, 0.4) is 0 Å². The molecule has 1 fully saturated rings. The Morgan fingerprint density at radius 1 is 1.60 bits per heavy atom. The summed E-state index contributed by atoms with van der Waals surface area (Å²) in [7, 11) is 0. The maximum absolute atomic E-state index is 11.9. The molecule has 0 radical (unpaired) electrons. The van der Waals surface area contributed by atoms with E-state index in [4.69, 9.17) is 0 Å². The average Bonchev–Trinajstić information content (AvgIpc) is 2.63. The maximum Gasteiger partial charge on any atom is 0.240 e. The molecule has 0 aliphatic carbocycles. The number of carbonyl (C=O) groups is 1. The molecule has 0 spiro atoms. The molecule has 1 heterocycles. The van der Waals surface area contributed by atoms with Crippen LogP contribution in [0.25, 0.3) is 0 Å². The first-order chi connectivity index (χ1) is 6.90. The van der Waals surface area contributed by atoms with Gasteiger partial charge in [0.25, 0.3) is 0 Å². The van der Waals surface area contributed by atoms with E-state index in [0.717, 1.165) is 25.9 Å². The van der Waals surface area contributed by atoms with Crippen LogP contribution in [0.5, 0.6) is 0 Å². The largest absolute Gasteiger partial charge is 0.353 e. The van der Waals surface area contributed by atoms with Crippen molar-refractivity contribution in [2.75, 3.05) is 19.3 Å². The van der Waals surface area contributed by atoms with Crippen molar-refractivity contribution in [2.24, 2.45) is 0 Å². The molecule has 0 aromatic heterocycles.